The number of likely N-dealkylation sites (N-methyl/N-ethyl adjacent to an activating group) is 1. The first-order chi connectivity index (χ1) is 12.4. The monoisotopic (exact) mass is 368 g/mol. The summed E-state index contributed by atoms with van der Waals surface area (Å²) in [6.07, 6.45) is 1.92. The summed E-state index contributed by atoms with van der Waals surface area (Å²) < 4.78 is 34.5. The number of hydrogen-bond donors (Lipinski definition) is 0. The summed E-state index contributed by atoms with van der Waals surface area (Å²) in [7, 11) is 2.02. The molecule has 0 bridgehead atoms. The molecular weight excluding hydrogens is 338 g/mol. The van der Waals surface area contributed by atoms with Crippen molar-refractivity contribution in [3.8, 4) is 5.75 Å². The van der Waals surface area contributed by atoms with Crippen molar-refractivity contribution in [2.75, 3.05) is 39.8 Å². The van der Waals surface area contributed by atoms with E-state index < -0.39 is 5.92 Å². The van der Waals surface area contributed by atoms with Crippen LogP contribution in [0.5, 0.6) is 5.75 Å². The molecule has 1 aliphatic rings. The molecule has 0 N–H and O–H groups in total. The van der Waals surface area contributed by atoms with Crippen molar-refractivity contribution in [3.63, 3.8) is 0 Å². The zero-order valence-corrected chi connectivity index (χ0v) is 15.8. The number of carbonyl (C=O) groups is 1. The lowest BCUT2D eigenvalue weighted by atomic mass is 10.0. The van der Waals surface area contributed by atoms with Crippen LogP contribution in [0.4, 0.5) is 8.78 Å². The maximum atomic E-state index is 14.5. The van der Waals surface area contributed by atoms with E-state index in [2.05, 4.69) is 11.8 Å². The molecule has 1 aliphatic heterocycles. The first-order valence-electron chi connectivity index (χ1n) is 9.50. The Morgan fingerprint density at radius 2 is 1.92 bits per heavy atom. The van der Waals surface area contributed by atoms with Gasteiger partial charge in [-0.25, -0.2) is 8.78 Å². The molecule has 26 heavy (non-hydrogen) atoms. The van der Waals surface area contributed by atoms with Crippen molar-refractivity contribution in [2.45, 2.75) is 45.0 Å². The topological polar surface area (TPSA) is 32.8 Å². The van der Waals surface area contributed by atoms with Gasteiger partial charge in [0.15, 0.2) is 0 Å². The number of rotatable bonds is 9. The van der Waals surface area contributed by atoms with Crippen LogP contribution in [-0.2, 0) is 10.7 Å². The summed E-state index contributed by atoms with van der Waals surface area (Å²) in [6, 6.07) is 6.14. The Morgan fingerprint density at radius 1 is 1.19 bits per heavy atom. The number of carbonyl (C=O) groups excluding carboxylic acids is 1. The number of amides is 1. The lowest BCUT2D eigenvalue weighted by molar-refractivity contribution is -0.133. The molecule has 1 amide bonds. The Balaban J connectivity index is 1.82. The Kier molecular flexibility index (Phi) is 7.82. The molecule has 4 nitrogen and oxygen atoms in total. The lowest BCUT2D eigenvalue weighted by Crippen LogP contribution is -2.47. The minimum Gasteiger partial charge on any atom is -0.494 e. The predicted molar refractivity (Wildman–Crippen MR) is 98.7 cm³/mol. The first-order valence-corrected chi connectivity index (χ1v) is 9.50. The predicted octanol–water partition coefficient (Wildman–Crippen LogP) is 3.90. The van der Waals surface area contributed by atoms with Gasteiger partial charge in [0.05, 0.1) is 6.61 Å². The van der Waals surface area contributed by atoms with Crippen LogP contribution in [-0.4, -0.2) is 55.5 Å². The minimum absolute atomic E-state index is 0.0226. The number of alkyl halides is 2. The van der Waals surface area contributed by atoms with Crippen LogP contribution >= 0.6 is 0 Å². The van der Waals surface area contributed by atoms with Crippen molar-refractivity contribution in [1.82, 2.24) is 9.80 Å². The summed E-state index contributed by atoms with van der Waals surface area (Å²) in [5, 5.41) is 0. The molecule has 1 saturated heterocycles. The summed E-state index contributed by atoms with van der Waals surface area (Å²) in [6.45, 7) is 5.63. The SMILES string of the molecule is CCCCOc1cccc(C(F)(F)CCCC(=O)N2CCN(C)CC2)c1. The highest BCUT2D eigenvalue weighted by Gasteiger charge is 2.32. The number of ether oxygens (including phenoxy) is 1. The molecule has 1 aromatic carbocycles. The van der Waals surface area contributed by atoms with Crippen molar-refractivity contribution >= 4 is 5.91 Å². The van der Waals surface area contributed by atoms with E-state index in [9.17, 15) is 13.6 Å². The lowest BCUT2D eigenvalue weighted by Gasteiger charge is -2.32. The minimum atomic E-state index is -2.95. The van der Waals surface area contributed by atoms with Gasteiger partial charge in [0.1, 0.15) is 5.75 Å². The largest absolute Gasteiger partial charge is 0.494 e. The maximum absolute atomic E-state index is 14.5. The van der Waals surface area contributed by atoms with Crippen molar-refractivity contribution < 1.29 is 18.3 Å². The van der Waals surface area contributed by atoms with Gasteiger partial charge in [0.2, 0.25) is 5.91 Å². The van der Waals surface area contributed by atoms with Crippen LogP contribution in [0.3, 0.4) is 0 Å². The third-order valence-corrected chi connectivity index (χ3v) is 4.76. The van der Waals surface area contributed by atoms with E-state index in [1.165, 1.54) is 12.1 Å². The Morgan fingerprint density at radius 3 is 2.62 bits per heavy atom. The zero-order valence-electron chi connectivity index (χ0n) is 15.8. The van der Waals surface area contributed by atoms with Gasteiger partial charge in [0.25, 0.3) is 5.92 Å². The average molecular weight is 368 g/mol. The third-order valence-electron chi connectivity index (χ3n) is 4.76. The smallest absolute Gasteiger partial charge is 0.273 e. The molecule has 0 spiro atoms. The summed E-state index contributed by atoms with van der Waals surface area (Å²) in [4.78, 5) is 16.1. The van der Waals surface area contributed by atoms with E-state index in [1.54, 1.807) is 17.0 Å². The van der Waals surface area contributed by atoms with Gasteiger partial charge in [-0.2, -0.15) is 0 Å². The van der Waals surface area contributed by atoms with Gasteiger partial charge in [0, 0.05) is 44.6 Å². The molecule has 146 valence electrons. The highest BCUT2D eigenvalue weighted by molar-refractivity contribution is 5.76. The molecule has 0 unspecified atom stereocenters. The number of benzene rings is 1. The van der Waals surface area contributed by atoms with E-state index >= 15 is 0 Å². The highest BCUT2D eigenvalue weighted by Crippen LogP contribution is 2.35. The first kappa shape index (κ1) is 20.6. The Labute approximate surface area is 155 Å². The van der Waals surface area contributed by atoms with Crippen LogP contribution < -0.4 is 4.74 Å². The molecule has 2 rings (SSSR count). The van der Waals surface area contributed by atoms with E-state index in [0.717, 1.165) is 25.9 Å². The van der Waals surface area contributed by atoms with Gasteiger partial charge in [-0.3, -0.25) is 4.79 Å². The number of nitrogens with zero attached hydrogens (tertiary/aromatic N) is 2. The van der Waals surface area contributed by atoms with E-state index in [1.807, 2.05) is 7.05 Å². The van der Waals surface area contributed by atoms with Crippen LogP contribution in [0, 0.1) is 0 Å². The fourth-order valence-electron chi connectivity index (χ4n) is 2.97. The van der Waals surface area contributed by atoms with E-state index in [0.29, 0.717) is 25.4 Å². The van der Waals surface area contributed by atoms with Crippen LogP contribution in [0.2, 0.25) is 0 Å². The van der Waals surface area contributed by atoms with Crippen molar-refractivity contribution in [1.29, 1.82) is 0 Å². The standard InChI is InChI=1S/C20H30F2N2O2/c1-3-4-15-26-18-8-5-7-17(16-18)20(21,22)10-6-9-19(25)24-13-11-23(2)12-14-24/h5,7-8,16H,3-4,6,9-15H2,1-2H3. The molecule has 0 aliphatic carbocycles. The Hall–Kier alpha value is -1.69. The van der Waals surface area contributed by atoms with Crippen LogP contribution in [0.15, 0.2) is 24.3 Å². The molecule has 0 aromatic heterocycles. The summed E-state index contributed by atoms with van der Waals surface area (Å²) >= 11 is 0. The second-order valence-electron chi connectivity index (χ2n) is 6.97. The average Bonchev–Trinajstić information content (AvgIpc) is 2.62. The molecule has 0 atom stereocenters. The van der Waals surface area contributed by atoms with Gasteiger partial charge in [-0.05, 0) is 32.0 Å². The molecule has 0 radical (unpaired) electrons. The fraction of sp³-hybridized carbons (Fsp3) is 0.650. The fourth-order valence-corrected chi connectivity index (χ4v) is 2.97. The van der Waals surface area contributed by atoms with Crippen molar-refractivity contribution in [3.05, 3.63) is 29.8 Å². The molecule has 1 fully saturated rings. The maximum Gasteiger partial charge on any atom is 0.273 e. The molecule has 6 heteroatoms. The quantitative estimate of drug-likeness (QED) is 0.620. The highest BCUT2D eigenvalue weighted by atomic mass is 19.3. The van der Waals surface area contributed by atoms with E-state index in [-0.39, 0.29) is 30.7 Å². The zero-order chi connectivity index (χ0) is 19.0. The van der Waals surface area contributed by atoms with Crippen molar-refractivity contribution in [2.24, 2.45) is 0 Å². The van der Waals surface area contributed by atoms with Gasteiger partial charge in [-0.1, -0.05) is 25.5 Å². The summed E-state index contributed by atoms with van der Waals surface area (Å²) in [5.74, 6) is -2.50. The second kappa shape index (κ2) is 9.86. The van der Waals surface area contributed by atoms with Gasteiger partial charge >= 0.3 is 0 Å². The Bertz CT molecular complexity index is 573. The number of piperazine rings is 1. The van der Waals surface area contributed by atoms with Crippen LogP contribution in [0.25, 0.3) is 0 Å². The third kappa shape index (κ3) is 6.24. The normalized spacial score (nSPS) is 15.9. The molecule has 0 saturated carbocycles. The van der Waals surface area contributed by atoms with Crippen LogP contribution in [0.1, 0.15) is 44.6 Å². The van der Waals surface area contributed by atoms with E-state index in [4.69, 9.17) is 4.74 Å². The number of hydrogen-bond acceptors (Lipinski definition) is 3. The molecule has 1 aromatic rings. The number of halogens is 2. The van der Waals surface area contributed by atoms with Gasteiger partial charge in [-0.15, -0.1) is 0 Å². The molecule has 1 heterocycles. The second-order valence-corrected chi connectivity index (χ2v) is 6.97. The molecular formula is C20H30F2N2O2. The summed E-state index contributed by atoms with van der Waals surface area (Å²) in [5.41, 5.74) is -0.0430. The number of unbranched alkanes of at least 4 members (excludes halogenated alkanes) is 1. The van der Waals surface area contributed by atoms with Gasteiger partial charge < -0.3 is 14.5 Å².